The maximum absolute atomic E-state index is 12.9. The summed E-state index contributed by atoms with van der Waals surface area (Å²) in [5.74, 6) is 1.48. The first-order valence-corrected chi connectivity index (χ1v) is 12.9. The molecule has 0 rings (SSSR count). The molecule has 0 fully saturated rings. The van der Waals surface area contributed by atoms with Crippen LogP contribution in [0.25, 0.3) is 0 Å². The molecular formula is C22H47O4P. The lowest BCUT2D eigenvalue weighted by atomic mass is 10.1. The molecule has 27 heavy (non-hydrogen) atoms. The van der Waals surface area contributed by atoms with Crippen molar-refractivity contribution in [2.24, 2.45) is 11.8 Å². The van der Waals surface area contributed by atoms with Crippen LogP contribution in [-0.4, -0.2) is 19.8 Å². The third-order valence-electron chi connectivity index (χ3n) is 4.60. The van der Waals surface area contributed by atoms with E-state index < -0.39 is 7.82 Å². The summed E-state index contributed by atoms with van der Waals surface area (Å²) in [6.45, 7) is 12.5. The van der Waals surface area contributed by atoms with Crippen LogP contribution in [0.2, 0.25) is 0 Å². The average Bonchev–Trinajstić information content (AvgIpc) is 2.60. The molecule has 0 aromatic heterocycles. The zero-order valence-electron chi connectivity index (χ0n) is 18.8. The molecule has 164 valence electrons. The number of phosphoric acid groups is 1. The van der Waals surface area contributed by atoms with Crippen LogP contribution in [0.4, 0.5) is 0 Å². The van der Waals surface area contributed by atoms with Crippen molar-refractivity contribution in [3.05, 3.63) is 0 Å². The van der Waals surface area contributed by atoms with Gasteiger partial charge in [0.1, 0.15) is 0 Å². The van der Waals surface area contributed by atoms with Gasteiger partial charge in [-0.3, -0.25) is 13.6 Å². The molecule has 0 radical (unpaired) electrons. The van der Waals surface area contributed by atoms with Crippen LogP contribution >= 0.6 is 7.82 Å². The van der Waals surface area contributed by atoms with Crippen LogP contribution in [0.1, 0.15) is 112 Å². The van der Waals surface area contributed by atoms with Gasteiger partial charge in [-0.25, -0.2) is 4.57 Å². The summed E-state index contributed by atoms with van der Waals surface area (Å²) in [6.07, 6.45) is 13.2. The zero-order valence-corrected chi connectivity index (χ0v) is 19.7. The Morgan fingerprint density at radius 1 is 0.593 bits per heavy atom. The van der Waals surface area contributed by atoms with Crippen molar-refractivity contribution in [3.63, 3.8) is 0 Å². The smallest absolute Gasteiger partial charge is 0.287 e. The number of rotatable bonds is 20. The molecule has 0 aliphatic rings. The highest BCUT2D eigenvalue weighted by Crippen LogP contribution is 2.50. The Kier molecular flexibility index (Phi) is 18.2. The van der Waals surface area contributed by atoms with Crippen molar-refractivity contribution in [2.45, 2.75) is 112 Å². The third-order valence-corrected chi connectivity index (χ3v) is 6.09. The second-order valence-corrected chi connectivity index (χ2v) is 10.2. The van der Waals surface area contributed by atoms with Crippen LogP contribution in [0, 0.1) is 11.8 Å². The Hall–Kier alpha value is 0.110. The van der Waals surface area contributed by atoms with Crippen molar-refractivity contribution < 1.29 is 18.1 Å². The van der Waals surface area contributed by atoms with E-state index in [2.05, 4.69) is 34.6 Å². The number of hydrogen-bond donors (Lipinski definition) is 0. The Balaban J connectivity index is 4.09. The molecule has 0 atom stereocenters. The van der Waals surface area contributed by atoms with Crippen molar-refractivity contribution in [2.75, 3.05) is 19.8 Å². The molecule has 0 spiro atoms. The highest BCUT2D eigenvalue weighted by Gasteiger charge is 2.26. The third kappa shape index (κ3) is 19.2. The van der Waals surface area contributed by atoms with Gasteiger partial charge in [-0.15, -0.1) is 0 Å². The molecule has 0 aliphatic heterocycles. The topological polar surface area (TPSA) is 44.8 Å². The first-order valence-electron chi connectivity index (χ1n) is 11.4. The van der Waals surface area contributed by atoms with Gasteiger partial charge in [-0.1, -0.05) is 92.4 Å². The van der Waals surface area contributed by atoms with Gasteiger partial charge in [0.2, 0.25) is 0 Å². The quantitative estimate of drug-likeness (QED) is 0.151. The highest BCUT2D eigenvalue weighted by molar-refractivity contribution is 7.48. The van der Waals surface area contributed by atoms with Crippen LogP contribution in [0.15, 0.2) is 0 Å². The van der Waals surface area contributed by atoms with Crippen LogP contribution in [-0.2, 0) is 18.1 Å². The highest BCUT2D eigenvalue weighted by atomic mass is 31.2. The van der Waals surface area contributed by atoms with E-state index in [4.69, 9.17) is 13.6 Å². The monoisotopic (exact) mass is 406 g/mol. The van der Waals surface area contributed by atoms with Gasteiger partial charge in [-0.05, 0) is 31.1 Å². The lowest BCUT2D eigenvalue weighted by Gasteiger charge is -2.18. The first-order chi connectivity index (χ1) is 12.9. The largest absolute Gasteiger partial charge is 0.474 e. The van der Waals surface area contributed by atoms with Gasteiger partial charge in [-0.2, -0.15) is 0 Å². The average molecular weight is 407 g/mol. The molecule has 0 aromatic carbocycles. The molecule has 5 heteroatoms. The van der Waals surface area contributed by atoms with E-state index in [-0.39, 0.29) is 0 Å². The van der Waals surface area contributed by atoms with Crippen molar-refractivity contribution in [1.82, 2.24) is 0 Å². The summed E-state index contributed by atoms with van der Waals surface area (Å²) in [7, 11) is -3.40. The maximum atomic E-state index is 12.9. The molecule has 0 saturated carbocycles. The summed E-state index contributed by atoms with van der Waals surface area (Å²) < 4.78 is 29.6. The fourth-order valence-corrected chi connectivity index (χ4v) is 4.11. The van der Waals surface area contributed by atoms with E-state index >= 15 is 0 Å². The molecule has 0 aromatic rings. The van der Waals surface area contributed by atoms with E-state index in [9.17, 15) is 4.57 Å². The van der Waals surface area contributed by atoms with E-state index in [1.807, 2.05) is 0 Å². The van der Waals surface area contributed by atoms with E-state index in [0.717, 1.165) is 50.4 Å². The number of hydrogen-bond acceptors (Lipinski definition) is 4. The van der Waals surface area contributed by atoms with Gasteiger partial charge in [0.05, 0.1) is 19.8 Å². The predicted octanol–water partition coefficient (Wildman–Crippen LogP) is 8.16. The fraction of sp³-hybridized carbons (Fsp3) is 1.00. The molecule has 0 bridgehead atoms. The van der Waals surface area contributed by atoms with Crippen molar-refractivity contribution in [1.29, 1.82) is 0 Å². The summed E-state index contributed by atoms with van der Waals surface area (Å²) in [5, 5.41) is 0. The standard InChI is InChI=1S/C22H47O4P/c1-6-7-8-13-18-24-27(23,25-19-14-9-11-16-21(2)3)26-20-15-10-12-17-22(4)5/h21-22H,6-20H2,1-5H3. The minimum Gasteiger partial charge on any atom is -0.287 e. The van der Waals surface area contributed by atoms with Gasteiger partial charge < -0.3 is 0 Å². The Bertz CT molecular complexity index is 334. The lowest BCUT2D eigenvalue weighted by Crippen LogP contribution is -2.04. The van der Waals surface area contributed by atoms with E-state index in [0.29, 0.717) is 19.8 Å². The zero-order chi connectivity index (χ0) is 20.4. The lowest BCUT2D eigenvalue weighted by molar-refractivity contribution is 0.108. The van der Waals surface area contributed by atoms with E-state index in [1.54, 1.807) is 0 Å². The molecule has 4 nitrogen and oxygen atoms in total. The first kappa shape index (κ1) is 27.1. The molecular weight excluding hydrogens is 359 g/mol. The number of phosphoric ester groups is 1. The molecule has 0 saturated heterocycles. The Morgan fingerprint density at radius 3 is 1.30 bits per heavy atom. The summed E-state index contributed by atoms with van der Waals surface area (Å²) in [6, 6.07) is 0. The van der Waals surface area contributed by atoms with Crippen LogP contribution in [0.5, 0.6) is 0 Å². The van der Waals surface area contributed by atoms with E-state index in [1.165, 1.54) is 38.5 Å². The maximum Gasteiger partial charge on any atom is 0.474 e. The van der Waals surface area contributed by atoms with Gasteiger partial charge >= 0.3 is 7.82 Å². The van der Waals surface area contributed by atoms with Crippen molar-refractivity contribution >= 4 is 7.82 Å². The second kappa shape index (κ2) is 18.2. The summed E-state index contributed by atoms with van der Waals surface area (Å²) >= 11 is 0. The predicted molar refractivity (Wildman–Crippen MR) is 116 cm³/mol. The molecule has 0 N–H and O–H groups in total. The van der Waals surface area contributed by atoms with Crippen LogP contribution < -0.4 is 0 Å². The summed E-state index contributed by atoms with van der Waals surface area (Å²) in [4.78, 5) is 0. The minimum absolute atomic E-state index is 0.456. The SMILES string of the molecule is CCCCCCOP(=O)(OCCCCCC(C)C)OCCCCCC(C)C. The fourth-order valence-electron chi connectivity index (χ4n) is 2.83. The van der Waals surface area contributed by atoms with Gasteiger partial charge in [0.15, 0.2) is 0 Å². The number of unbranched alkanes of at least 4 members (excludes halogenated alkanes) is 7. The second-order valence-electron chi connectivity index (χ2n) is 8.49. The summed E-state index contributed by atoms with van der Waals surface area (Å²) in [5.41, 5.74) is 0. The molecule has 0 aliphatic carbocycles. The Morgan fingerprint density at radius 2 is 0.963 bits per heavy atom. The normalized spacial score (nSPS) is 12.4. The van der Waals surface area contributed by atoms with Gasteiger partial charge in [0, 0.05) is 0 Å². The van der Waals surface area contributed by atoms with Gasteiger partial charge in [0.25, 0.3) is 0 Å². The molecule has 0 amide bonds. The van der Waals surface area contributed by atoms with Crippen molar-refractivity contribution in [3.8, 4) is 0 Å². The minimum atomic E-state index is -3.40. The van der Waals surface area contributed by atoms with Crippen LogP contribution in [0.3, 0.4) is 0 Å². The Labute approximate surface area is 169 Å². The molecule has 0 unspecified atom stereocenters. The molecule has 0 heterocycles.